The molecule has 0 bridgehead atoms. The lowest BCUT2D eigenvalue weighted by Crippen LogP contribution is -2.02. The Hall–Kier alpha value is -1.97. The van der Waals surface area contributed by atoms with Gasteiger partial charge < -0.3 is 5.32 Å². The third kappa shape index (κ3) is 3.52. The van der Waals surface area contributed by atoms with Gasteiger partial charge in [0.15, 0.2) is 5.82 Å². The van der Waals surface area contributed by atoms with Crippen LogP contribution in [-0.4, -0.2) is 22.0 Å². The SMILES string of the molecule is C\C=C/C=C(\C(C)=C/C)c1ncnc(NC)n1. The topological polar surface area (TPSA) is 50.7 Å². The average Bonchev–Trinajstić information content (AvgIpc) is 2.39. The molecule has 17 heavy (non-hydrogen) atoms. The Morgan fingerprint density at radius 3 is 2.65 bits per heavy atom. The van der Waals surface area contributed by atoms with E-state index in [1.54, 1.807) is 7.05 Å². The van der Waals surface area contributed by atoms with Crippen LogP contribution in [0.15, 0.2) is 36.2 Å². The van der Waals surface area contributed by atoms with Gasteiger partial charge in [-0.1, -0.05) is 24.3 Å². The molecule has 1 aromatic heterocycles. The molecule has 4 heteroatoms. The molecule has 1 aromatic rings. The summed E-state index contributed by atoms with van der Waals surface area (Å²) in [6.07, 6.45) is 9.51. The minimum Gasteiger partial charge on any atom is -0.357 e. The maximum Gasteiger partial charge on any atom is 0.225 e. The Bertz CT molecular complexity index is 458. The number of rotatable bonds is 4. The highest BCUT2D eigenvalue weighted by molar-refractivity contribution is 5.75. The second kappa shape index (κ2) is 6.58. The van der Waals surface area contributed by atoms with Crippen molar-refractivity contribution in [2.75, 3.05) is 12.4 Å². The fourth-order valence-electron chi connectivity index (χ4n) is 1.28. The summed E-state index contributed by atoms with van der Waals surface area (Å²) in [4.78, 5) is 12.5. The largest absolute Gasteiger partial charge is 0.357 e. The van der Waals surface area contributed by atoms with E-state index in [2.05, 4.69) is 20.3 Å². The third-order valence-corrected chi connectivity index (χ3v) is 2.35. The van der Waals surface area contributed by atoms with Gasteiger partial charge in [-0.25, -0.2) is 9.97 Å². The molecule has 0 aromatic carbocycles. The first-order chi connectivity index (χ1) is 8.22. The van der Waals surface area contributed by atoms with Gasteiger partial charge in [0, 0.05) is 12.6 Å². The fourth-order valence-corrected chi connectivity index (χ4v) is 1.28. The number of anilines is 1. The average molecular weight is 230 g/mol. The molecular formula is C13H18N4. The molecule has 0 saturated heterocycles. The predicted molar refractivity (Wildman–Crippen MR) is 71.6 cm³/mol. The molecule has 0 aliphatic heterocycles. The van der Waals surface area contributed by atoms with E-state index >= 15 is 0 Å². The van der Waals surface area contributed by atoms with Crippen molar-refractivity contribution in [3.8, 4) is 0 Å². The van der Waals surface area contributed by atoms with Crippen LogP contribution in [0.1, 0.15) is 26.6 Å². The first kappa shape index (κ1) is 13.1. The Kier molecular flexibility index (Phi) is 5.07. The van der Waals surface area contributed by atoms with Crippen molar-refractivity contribution in [1.82, 2.24) is 15.0 Å². The fraction of sp³-hybridized carbons (Fsp3) is 0.308. The van der Waals surface area contributed by atoms with Gasteiger partial charge in [-0.15, -0.1) is 0 Å². The Labute approximate surface area is 102 Å². The Balaban J connectivity index is 3.22. The first-order valence-corrected chi connectivity index (χ1v) is 5.56. The minimum absolute atomic E-state index is 0.574. The molecule has 1 N–H and O–H groups in total. The van der Waals surface area contributed by atoms with Gasteiger partial charge >= 0.3 is 0 Å². The quantitative estimate of drug-likeness (QED) is 0.808. The van der Waals surface area contributed by atoms with Gasteiger partial charge in [-0.3, -0.25) is 0 Å². The predicted octanol–water partition coefficient (Wildman–Crippen LogP) is 2.84. The highest BCUT2D eigenvalue weighted by Gasteiger charge is 2.07. The summed E-state index contributed by atoms with van der Waals surface area (Å²) in [7, 11) is 1.79. The van der Waals surface area contributed by atoms with E-state index in [0.29, 0.717) is 11.8 Å². The van der Waals surface area contributed by atoms with Crippen molar-refractivity contribution in [2.24, 2.45) is 0 Å². The maximum atomic E-state index is 4.34. The van der Waals surface area contributed by atoms with Gasteiger partial charge in [0.1, 0.15) is 6.33 Å². The van der Waals surface area contributed by atoms with Gasteiger partial charge in [-0.2, -0.15) is 4.98 Å². The smallest absolute Gasteiger partial charge is 0.225 e. The van der Waals surface area contributed by atoms with Crippen molar-refractivity contribution in [3.63, 3.8) is 0 Å². The number of nitrogens with one attached hydrogen (secondary N) is 1. The third-order valence-electron chi connectivity index (χ3n) is 2.35. The second-order valence-electron chi connectivity index (χ2n) is 3.46. The number of allylic oxidation sites excluding steroid dienone is 6. The molecule has 0 unspecified atom stereocenters. The van der Waals surface area contributed by atoms with Crippen LogP contribution in [0.5, 0.6) is 0 Å². The van der Waals surface area contributed by atoms with Crippen molar-refractivity contribution >= 4 is 11.5 Å². The summed E-state index contributed by atoms with van der Waals surface area (Å²) >= 11 is 0. The summed E-state index contributed by atoms with van der Waals surface area (Å²) in [5.74, 6) is 1.25. The van der Waals surface area contributed by atoms with Gasteiger partial charge in [-0.05, 0) is 26.3 Å². The molecule has 0 aliphatic carbocycles. The minimum atomic E-state index is 0.574. The van der Waals surface area contributed by atoms with Crippen molar-refractivity contribution in [2.45, 2.75) is 20.8 Å². The molecule has 0 aliphatic rings. The van der Waals surface area contributed by atoms with E-state index < -0.39 is 0 Å². The summed E-state index contributed by atoms with van der Waals surface area (Å²) < 4.78 is 0. The number of hydrogen-bond acceptors (Lipinski definition) is 4. The molecule has 0 fully saturated rings. The molecule has 90 valence electrons. The first-order valence-electron chi connectivity index (χ1n) is 5.56. The van der Waals surface area contributed by atoms with E-state index in [0.717, 1.165) is 11.1 Å². The Morgan fingerprint density at radius 2 is 2.06 bits per heavy atom. The number of hydrogen-bond donors (Lipinski definition) is 1. The molecule has 0 spiro atoms. The Morgan fingerprint density at radius 1 is 1.29 bits per heavy atom. The molecule has 1 rings (SSSR count). The van der Waals surface area contributed by atoms with Crippen molar-refractivity contribution in [1.29, 1.82) is 0 Å². The molecule has 4 nitrogen and oxygen atoms in total. The van der Waals surface area contributed by atoms with Crippen LogP contribution in [0.3, 0.4) is 0 Å². The lowest BCUT2D eigenvalue weighted by molar-refractivity contribution is 1.02. The van der Waals surface area contributed by atoms with Gasteiger partial charge in [0.2, 0.25) is 5.95 Å². The molecule has 1 heterocycles. The molecule has 0 radical (unpaired) electrons. The van der Waals surface area contributed by atoms with Crippen LogP contribution in [0, 0.1) is 0 Å². The number of nitrogens with zero attached hydrogens (tertiary/aromatic N) is 3. The second-order valence-corrected chi connectivity index (χ2v) is 3.46. The van der Waals surface area contributed by atoms with Crippen LogP contribution in [0.2, 0.25) is 0 Å². The lowest BCUT2D eigenvalue weighted by atomic mass is 10.1. The normalized spacial score (nSPS) is 13.2. The van der Waals surface area contributed by atoms with Gasteiger partial charge in [0.05, 0.1) is 0 Å². The van der Waals surface area contributed by atoms with Gasteiger partial charge in [0.25, 0.3) is 0 Å². The van der Waals surface area contributed by atoms with E-state index in [1.807, 2.05) is 45.1 Å². The number of aromatic nitrogens is 3. The summed E-state index contributed by atoms with van der Waals surface area (Å²) in [5.41, 5.74) is 2.14. The van der Waals surface area contributed by atoms with Crippen molar-refractivity contribution in [3.05, 3.63) is 42.0 Å². The van der Waals surface area contributed by atoms with Crippen LogP contribution >= 0.6 is 0 Å². The van der Waals surface area contributed by atoms with E-state index in [9.17, 15) is 0 Å². The maximum absolute atomic E-state index is 4.34. The monoisotopic (exact) mass is 230 g/mol. The van der Waals surface area contributed by atoms with E-state index in [-0.39, 0.29) is 0 Å². The van der Waals surface area contributed by atoms with Crippen LogP contribution in [0.25, 0.3) is 5.57 Å². The van der Waals surface area contributed by atoms with E-state index in [1.165, 1.54) is 6.33 Å². The zero-order valence-electron chi connectivity index (χ0n) is 10.7. The molecule has 0 saturated carbocycles. The van der Waals surface area contributed by atoms with Crippen LogP contribution in [-0.2, 0) is 0 Å². The highest BCUT2D eigenvalue weighted by atomic mass is 15.1. The van der Waals surface area contributed by atoms with Crippen LogP contribution in [0.4, 0.5) is 5.95 Å². The lowest BCUT2D eigenvalue weighted by Gasteiger charge is -2.06. The zero-order chi connectivity index (χ0) is 12.7. The molecule has 0 amide bonds. The van der Waals surface area contributed by atoms with Crippen LogP contribution < -0.4 is 5.32 Å². The summed E-state index contributed by atoms with van der Waals surface area (Å²) in [6, 6.07) is 0. The molecule has 0 atom stereocenters. The highest BCUT2D eigenvalue weighted by Crippen LogP contribution is 2.19. The van der Waals surface area contributed by atoms with E-state index in [4.69, 9.17) is 0 Å². The summed E-state index contributed by atoms with van der Waals surface area (Å²) in [5, 5.41) is 2.91. The zero-order valence-corrected chi connectivity index (χ0v) is 10.7. The summed E-state index contributed by atoms with van der Waals surface area (Å²) in [6.45, 7) is 6.02. The standard InChI is InChI=1S/C13H18N4/c1-5-7-8-11(10(3)6-2)12-15-9-16-13(14-4)17-12/h5-9H,1-4H3,(H,14,15,16,17)/b7-5-,10-6-,11-8+. The molecular weight excluding hydrogens is 212 g/mol. The van der Waals surface area contributed by atoms with Crippen molar-refractivity contribution < 1.29 is 0 Å².